The highest BCUT2D eigenvalue weighted by Gasteiger charge is 2.63. The maximum absolute atomic E-state index is 13.4. The molecule has 212 valence electrons. The Hall–Kier alpha value is -3.07. The first-order valence-electron chi connectivity index (χ1n) is 13.3. The van der Waals surface area contributed by atoms with E-state index in [-0.39, 0.29) is 18.1 Å². The molecule has 1 fully saturated rings. The van der Waals surface area contributed by atoms with Gasteiger partial charge in [-0.2, -0.15) is 0 Å². The van der Waals surface area contributed by atoms with Crippen molar-refractivity contribution in [2.45, 2.75) is 78.5 Å². The van der Waals surface area contributed by atoms with E-state index < -0.39 is 53.3 Å². The molecule has 3 rings (SSSR count). The summed E-state index contributed by atoms with van der Waals surface area (Å²) in [6.07, 6.45) is 12.6. The number of fused-ring (bicyclic) bond motifs is 3. The summed E-state index contributed by atoms with van der Waals surface area (Å²) in [6.45, 7) is 10.8. The first kappa shape index (κ1) is 30.5. The number of allylic oxidation sites excluding steroid dienone is 8. The number of carboxylic acid groups (broad SMARTS) is 1. The summed E-state index contributed by atoms with van der Waals surface area (Å²) in [5.74, 6) is -2.91. The van der Waals surface area contributed by atoms with Crippen LogP contribution in [0.5, 0.6) is 0 Å². The van der Waals surface area contributed by atoms with Gasteiger partial charge in [0, 0.05) is 12.0 Å². The van der Waals surface area contributed by atoms with Crippen LogP contribution in [0.15, 0.2) is 71.4 Å². The topological polar surface area (TPSA) is 130 Å². The van der Waals surface area contributed by atoms with Gasteiger partial charge in [0.15, 0.2) is 6.29 Å². The first-order chi connectivity index (χ1) is 18.2. The molecule has 0 saturated carbocycles. The number of aliphatic hydroxyl groups is 2. The molecule has 3 aliphatic rings. The smallest absolute Gasteiger partial charge is 0.328 e. The third-order valence-electron chi connectivity index (χ3n) is 8.27. The van der Waals surface area contributed by atoms with Gasteiger partial charge < -0.3 is 24.8 Å². The molecule has 0 spiro atoms. The van der Waals surface area contributed by atoms with E-state index in [9.17, 15) is 24.6 Å². The van der Waals surface area contributed by atoms with Gasteiger partial charge >= 0.3 is 11.9 Å². The summed E-state index contributed by atoms with van der Waals surface area (Å²) in [4.78, 5) is 37.2. The van der Waals surface area contributed by atoms with Gasteiger partial charge in [0.25, 0.3) is 0 Å². The van der Waals surface area contributed by atoms with Crippen molar-refractivity contribution in [3.8, 4) is 0 Å². The van der Waals surface area contributed by atoms with Crippen LogP contribution in [0.2, 0.25) is 0 Å². The number of esters is 1. The Kier molecular flexibility index (Phi) is 9.36. The summed E-state index contributed by atoms with van der Waals surface area (Å²) in [7, 11) is 0. The number of ether oxygens (including phenoxy) is 2. The number of Topliss-reactive ketones (excluding diaryl/α,β-unsaturated/α-hetero) is 1. The molecule has 1 aliphatic heterocycles. The standard InChI is InChI=1S/C31H40O8/c1-18(10-8-12-25(33)34)9-7-11-20(3)28(36)21(4)29(37)38-23-16-19(2)15-22-13-14-30(5)31(6,27(22)23)24(32)17-26(35)39-30/h7-15,19,21,23,26-28,35-36H,16-17H2,1-6H3,(H,33,34)/b9-7+,12-8+,18-10-,20-11+. The summed E-state index contributed by atoms with van der Waals surface area (Å²) >= 11 is 0. The second-order valence-electron chi connectivity index (χ2n) is 11.3. The van der Waals surface area contributed by atoms with Gasteiger partial charge in [-0.15, -0.1) is 0 Å². The first-order valence-corrected chi connectivity index (χ1v) is 13.3. The molecule has 8 atom stereocenters. The normalized spacial score (nSPS) is 34.9. The molecule has 1 heterocycles. The van der Waals surface area contributed by atoms with E-state index in [1.807, 2.05) is 32.9 Å². The number of aliphatic hydroxyl groups excluding tert-OH is 2. The fraction of sp³-hybridized carbons (Fsp3) is 0.516. The van der Waals surface area contributed by atoms with E-state index in [1.165, 1.54) is 6.08 Å². The quantitative estimate of drug-likeness (QED) is 0.237. The summed E-state index contributed by atoms with van der Waals surface area (Å²) in [5, 5.41) is 29.7. The highest BCUT2D eigenvalue weighted by molar-refractivity contribution is 5.89. The molecule has 8 nitrogen and oxygen atoms in total. The zero-order chi connectivity index (χ0) is 29.1. The van der Waals surface area contributed by atoms with Crippen LogP contribution in [0.4, 0.5) is 0 Å². The molecule has 8 unspecified atom stereocenters. The lowest BCUT2D eigenvalue weighted by atomic mass is 9.53. The van der Waals surface area contributed by atoms with Crippen molar-refractivity contribution in [1.82, 2.24) is 0 Å². The summed E-state index contributed by atoms with van der Waals surface area (Å²) in [6, 6.07) is 0. The number of hydrogen-bond donors (Lipinski definition) is 3. The number of aliphatic carboxylic acids is 1. The number of carbonyl (C=O) groups is 3. The minimum Gasteiger partial charge on any atom is -0.478 e. The predicted octanol–water partition coefficient (Wildman–Crippen LogP) is 4.21. The van der Waals surface area contributed by atoms with Crippen molar-refractivity contribution < 1.29 is 39.2 Å². The van der Waals surface area contributed by atoms with Crippen LogP contribution in [0.25, 0.3) is 0 Å². The Morgan fingerprint density at radius 2 is 1.85 bits per heavy atom. The molecule has 0 bridgehead atoms. The highest BCUT2D eigenvalue weighted by Crippen LogP contribution is 2.56. The Morgan fingerprint density at radius 3 is 2.51 bits per heavy atom. The molecule has 3 N–H and O–H groups in total. The molecule has 0 aromatic heterocycles. The van der Waals surface area contributed by atoms with Crippen LogP contribution in [-0.4, -0.2) is 57.1 Å². The number of carboxylic acids is 1. The molecule has 0 radical (unpaired) electrons. The van der Waals surface area contributed by atoms with E-state index in [2.05, 4.69) is 6.08 Å². The van der Waals surface area contributed by atoms with E-state index in [1.54, 1.807) is 45.1 Å². The maximum atomic E-state index is 13.4. The lowest BCUT2D eigenvalue weighted by molar-refractivity contribution is -0.242. The highest BCUT2D eigenvalue weighted by atomic mass is 16.6. The zero-order valence-corrected chi connectivity index (χ0v) is 23.5. The number of rotatable bonds is 8. The van der Waals surface area contributed by atoms with Crippen molar-refractivity contribution in [2.24, 2.45) is 23.2 Å². The van der Waals surface area contributed by atoms with Crippen molar-refractivity contribution in [1.29, 1.82) is 0 Å². The molecule has 0 aromatic carbocycles. The molecule has 2 aliphatic carbocycles. The van der Waals surface area contributed by atoms with Gasteiger partial charge in [0.2, 0.25) is 0 Å². The van der Waals surface area contributed by atoms with Gasteiger partial charge in [-0.1, -0.05) is 61.1 Å². The lowest BCUT2D eigenvalue weighted by Crippen LogP contribution is -2.64. The average molecular weight is 541 g/mol. The van der Waals surface area contributed by atoms with E-state index >= 15 is 0 Å². The van der Waals surface area contributed by atoms with Crippen molar-refractivity contribution >= 4 is 17.7 Å². The Morgan fingerprint density at radius 1 is 1.18 bits per heavy atom. The zero-order valence-electron chi connectivity index (χ0n) is 23.5. The SMILES string of the molecule is CC(=C/C=C/C(=O)O)/C=C/C=C(\C)C(O)C(C)C(=O)OC1CC(C)C=C2C=CC3(C)OC(O)CC(=O)C3(C)C21. The fourth-order valence-electron chi connectivity index (χ4n) is 5.81. The van der Waals surface area contributed by atoms with Crippen LogP contribution in [-0.2, 0) is 23.9 Å². The van der Waals surface area contributed by atoms with E-state index in [4.69, 9.17) is 14.6 Å². The summed E-state index contributed by atoms with van der Waals surface area (Å²) < 4.78 is 11.9. The van der Waals surface area contributed by atoms with Crippen LogP contribution >= 0.6 is 0 Å². The molecule has 1 saturated heterocycles. The monoisotopic (exact) mass is 540 g/mol. The van der Waals surface area contributed by atoms with Gasteiger partial charge in [0.05, 0.1) is 29.5 Å². The molecule has 39 heavy (non-hydrogen) atoms. The predicted molar refractivity (Wildman–Crippen MR) is 146 cm³/mol. The number of hydrogen-bond acceptors (Lipinski definition) is 7. The second kappa shape index (κ2) is 12.0. The second-order valence-corrected chi connectivity index (χ2v) is 11.3. The maximum Gasteiger partial charge on any atom is 0.328 e. The van der Waals surface area contributed by atoms with Gasteiger partial charge in [-0.05, 0) is 58.1 Å². The minimum atomic E-state index is -1.19. The molecular formula is C31H40O8. The van der Waals surface area contributed by atoms with Crippen LogP contribution in [0.3, 0.4) is 0 Å². The Balaban J connectivity index is 1.77. The van der Waals surface area contributed by atoms with E-state index in [0.29, 0.717) is 12.0 Å². The largest absolute Gasteiger partial charge is 0.478 e. The third kappa shape index (κ3) is 6.40. The van der Waals surface area contributed by atoms with Crippen LogP contribution in [0, 0.1) is 23.2 Å². The van der Waals surface area contributed by atoms with Crippen molar-refractivity contribution in [3.63, 3.8) is 0 Å². The Labute approximate surface area is 230 Å². The van der Waals surface area contributed by atoms with Crippen molar-refractivity contribution in [3.05, 3.63) is 71.4 Å². The number of carbonyl (C=O) groups excluding carboxylic acids is 2. The van der Waals surface area contributed by atoms with E-state index in [0.717, 1.165) is 17.2 Å². The number of ketones is 1. The Bertz CT molecular complexity index is 1170. The van der Waals surface area contributed by atoms with Gasteiger partial charge in [-0.3, -0.25) is 9.59 Å². The molecule has 0 amide bonds. The average Bonchev–Trinajstić information content (AvgIpc) is 2.84. The van der Waals surface area contributed by atoms with Gasteiger partial charge in [0.1, 0.15) is 11.9 Å². The van der Waals surface area contributed by atoms with Crippen LogP contribution in [0.1, 0.15) is 54.4 Å². The van der Waals surface area contributed by atoms with Gasteiger partial charge in [-0.25, -0.2) is 4.79 Å². The molecule has 8 heteroatoms. The lowest BCUT2D eigenvalue weighted by Gasteiger charge is -2.56. The summed E-state index contributed by atoms with van der Waals surface area (Å²) in [5.41, 5.74) is 0.195. The molecule has 0 aromatic rings. The minimum absolute atomic E-state index is 0.116. The molecular weight excluding hydrogens is 500 g/mol. The van der Waals surface area contributed by atoms with Crippen molar-refractivity contribution in [2.75, 3.05) is 0 Å². The third-order valence-corrected chi connectivity index (χ3v) is 8.27. The fourth-order valence-corrected chi connectivity index (χ4v) is 5.81. The van der Waals surface area contributed by atoms with Crippen LogP contribution < -0.4 is 0 Å².